The Labute approximate surface area is 93.9 Å². The second-order valence-corrected chi connectivity index (χ2v) is 3.85. The normalized spacial score (nSPS) is 16.2. The molecule has 1 aromatic heterocycles. The van der Waals surface area contributed by atoms with Crippen LogP contribution in [-0.4, -0.2) is 17.6 Å². The number of nitrogens with zero attached hydrogens (tertiary/aromatic N) is 2. The highest BCUT2D eigenvalue weighted by atomic mass is 16.5. The quantitative estimate of drug-likeness (QED) is 0.723. The van der Waals surface area contributed by atoms with Gasteiger partial charge in [-0.25, -0.2) is 9.78 Å². The monoisotopic (exact) mass is 216 g/mol. The SMILES string of the molecule is CCOC(=O)c1ccc(C2(C#N)CC2)cn1. The van der Waals surface area contributed by atoms with E-state index in [1.807, 2.05) is 0 Å². The summed E-state index contributed by atoms with van der Waals surface area (Å²) in [6.45, 7) is 2.09. The van der Waals surface area contributed by atoms with E-state index in [0.29, 0.717) is 12.3 Å². The number of carbonyl (C=O) groups is 1. The lowest BCUT2D eigenvalue weighted by atomic mass is 10.00. The molecule has 0 aliphatic heterocycles. The molecule has 0 unspecified atom stereocenters. The highest BCUT2D eigenvalue weighted by molar-refractivity contribution is 5.87. The van der Waals surface area contributed by atoms with Crippen LogP contribution in [0.4, 0.5) is 0 Å². The Morgan fingerprint density at radius 2 is 2.38 bits per heavy atom. The van der Waals surface area contributed by atoms with E-state index in [1.165, 1.54) is 0 Å². The summed E-state index contributed by atoms with van der Waals surface area (Å²) in [5, 5.41) is 9.00. The number of pyridine rings is 1. The highest BCUT2D eigenvalue weighted by Crippen LogP contribution is 2.47. The number of esters is 1. The molecule has 0 radical (unpaired) electrons. The van der Waals surface area contributed by atoms with Crippen LogP contribution < -0.4 is 0 Å². The number of rotatable bonds is 3. The molecule has 16 heavy (non-hydrogen) atoms. The zero-order chi connectivity index (χ0) is 11.6. The molecule has 1 aliphatic carbocycles. The van der Waals surface area contributed by atoms with E-state index in [2.05, 4.69) is 11.1 Å². The molecule has 4 nitrogen and oxygen atoms in total. The van der Waals surface area contributed by atoms with Gasteiger partial charge in [0.2, 0.25) is 0 Å². The second-order valence-electron chi connectivity index (χ2n) is 3.85. The van der Waals surface area contributed by atoms with E-state index in [1.54, 1.807) is 25.3 Å². The standard InChI is InChI=1S/C12H12N2O2/c1-2-16-11(15)10-4-3-9(7-14-10)12(8-13)5-6-12/h3-4,7H,2,5-6H2,1H3. The van der Waals surface area contributed by atoms with Crippen molar-refractivity contribution in [3.05, 3.63) is 29.6 Å². The van der Waals surface area contributed by atoms with E-state index < -0.39 is 5.97 Å². The van der Waals surface area contributed by atoms with E-state index in [0.717, 1.165) is 18.4 Å². The third-order valence-corrected chi connectivity index (χ3v) is 2.76. The average molecular weight is 216 g/mol. The Bertz CT molecular complexity index is 441. The molecule has 1 saturated carbocycles. The minimum atomic E-state index is -0.421. The van der Waals surface area contributed by atoms with E-state index in [9.17, 15) is 4.79 Å². The number of hydrogen-bond acceptors (Lipinski definition) is 4. The molecular formula is C12H12N2O2. The van der Waals surface area contributed by atoms with Crippen LogP contribution in [-0.2, 0) is 10.2 Å². The van der Waals surface area contributed by atoms with Crippen LogP contribution in [0, 0.1) is 11.3 Å². The summed E-state index contributed by atoms with van der Waals surface area (Å²) >= 11 is 0. The number of nitriles is 1. The second kappa shape index (κ2) is 3.93. The van der Waals surface area contributed by atoms with Gasteiger partial charge in [-0.2, -0.15) is 5.26 Å². The zero-order valence-corrected chi connectivity index (χ0v) is 9.06. The van der Waals surface area contributed by atoms with Crippen molar-refractivity contribution in [2.24, 2.45) is 0 Å². The van der Waals surface area contributed by atoms with Gasteiger partial charge in [0.15, 0.2) is 0 Å². The van der Waals surface area contributed by atoms with E-state index in [-0.39, 0.29) is 5.41 Å². The Hall–Kier alpha value is -1.89. The van der Waals surface area contributed by atoms with Crippen LogP contribution in [0.3, 0.4) is 0 Å². The maximum absolute atomic E-state index is 11.3. The van der Waals surface area contributed by atoms with E-state index in [4.69, 9.17) is 10.00 Å². The largest absolute Gasteiger partial charge is 0.461 e. The molecule has 0 aromatic carbocycles. The molecule has 0 N–H and O–H groups in total. The van der Waals surface area contributed by atoms with Crippen molar-refractivity contribution in [1.29, 1.82) is 5.26 Å². The smallest absolute Gasteiger partial charge is 0.356 e. The Balaban J connectivity index is 2.18. The molecule has 1 aliphatic rings. The molecule has 1 aromatic rings. The first-order valence-corrected chi connectivity index (χ1v) is 5.27. The summed E-state index contributed by atoms with van der Waals surface area (Å²) < 4.78 is 4.83. The van der Waals surface area contributed by atoms with Crippen molar-refractivity contribution in [2.75, 3.05) is 6.61 Å². The fraction of sp³-hybridized carbons (Fsp3) is 0.417. The van der Waals surface area contributed by atoms with Crippen molar-refractivity contribution in [2.45, 2.75) is 25.2 Å². The lowest BCUT2D eigenvalue weighted by Crippen LogP contribution is -2.09. The zero-order valence-electron chi connectivity index (χ0n) is 9.06. The van der Waals surface area contributed by atoms with Gasteiger partial charge in [0, 0.05) is 6.20 Å². The summed E-state index contributed by atoms with van der Waals surface area (Å²) in [5.74, 6) is -0.421. The van der Waals surface area contributed by atoms with Gasteiger partial charge >= 0.3 is 5.97 Å². The predicted octanol–water partition coefficient (Wildman–Crippen LogP) is 1.81. The van der Waals surface area contributed by atoms with Crippen molar-refractivity contribution in [3.63, 3.8) is 0 Å². The van der Waals surface area contributed by atoms with Crippen molar-refractivity contribution in [3.8, 4) is 6.07 Å². The van der Waals surface area contributed by atoms with Gasteiger partial charge in [-0.1, -0.05) is 6.07 Å². The van der Waals surface area contributed by atoms with E-state index >= 15 is 0 Å². The predicted molar refractivity (Wildman–Crippen MR) is 56.7 cm³/mol. The topological polar surface area (TPSA) is 63.0 Å². The van der Waals surface area contributed by atoms with Gasteiger partial charge in [-0.3, -0.25) is 0 Å². The molecule has 0 bridgehead atoms. The van der Waals surface area contributed by atoms with Crippen LogP contribution >= 0.6 is 0 Å². The van der Waals surface area contributed by atoms with Gasteiger partial charge < -0.3 is 4.74 Å². The van der Waals surface area contributed by atoms with Crippen molar-refractivity contribution < 1.29 is 9.53 Å². The van der Waals surface area contributed by atoms with Gasteiger partial charge in [-0.15, -0.1) is 0 Å². The average Bonchev–Trinajstić information content (AvgIpc) is 3.10. The van der Waals surface area contributed by atoms with Gasteiger partial charge in [0.25, 0.3) is 0 Å². The highest BCUT2D eigenvalue weighted by Gasteiger charge is 2.45. The third kappa shape index (κ3) is 1.76. The van der Waals surface area contributed by atoms with Crippen molar-refractivity contribution >= 4 is 5.97 Å². The minimum absolute atomic E-state index is 0.291. The molecule has 1 heterocycles. The van der Waals surface area contributed by atoms with Gasteiger partial charge in [0.05, 0.1) is 18.1 Å². The van der Waals surface area contributed by atoms with Gasteiger partial charge in [0.1, 0.15) is 5.69 Å². The molecule has 0 atom stereocenters. The molecule has 0 saturated heterocycles. The summed E-state index contributed by atoms with van der Waals surface area (Å²) in [7, 11) is 0. The first kappa shape index (κ1) is 10.6. The molecule has 2 rings (SSSR count). The van der Waals surface area contributed by atoms with Crippen LogP contribution in [0.25, 0.3) is 0 Å². The summed E-state index contributed by atoms with van der Waals surface area (Å²) in [4.78, 5) is 15.4. The summed E-state index contributed by atoms with van der Waals surface area (Å²) in [5.41, 5.74) is 0.836. The number of aromatic nitrogens is 1. The maximum atomic E-state index is 11.3. The molecule has 0 spiro atoms. The maximum Gasteiger partial charge on any atom is 0.356 e. The number of carbonyl (C=O) groups excluding carboxylic acids is 1. The lowest BCUT2D eigenvalue weighted by molar-refractivity contribution is 0.0519. The first-order valence-electron chi connectivity index (χ1n) is 5.27. The first-order chi connectivity index (χ1) is 7.72. The molecule has 82 valence electrons. The number of hydrogen-bond donors (Lipinski definition) is 0. The Morgan fingerprint density at radius 1 is 1.62 bits per heavy atom. The van der Waals surface area contributed by atoms with Crippen LogP contribution in [0.1, 0.15) is 35.8 Å². The number of ether oxygens (including phenoxy) is 1. The van der Waals surface area contributed by atoms with Crippen LogP contribution in [0.5, 0.6) is 0 Å². The fourth-order valence-corrected chi connectivity index (χ4v) is 1.59. The summed E-state index contributed by atoms with van der Waals surface area (Å²) in [6, 6.07) is 5.69. The Morgan fingerprint density at radius 3 is 2.81 bits per heavy atom. The molecular weight excluding hydrogens is 204 g/mol. The molecule has 4 heteroatoms. The lowest BCUT2D eigenvalue weighted by Gasteiger charge is -2.06. The van der Waals surface area contributed by atoms with Gasteiger partial charge in [-0.05, 0) is 31.4 Å². The third-order valence-electron chi connectivity index (χ3n) is 2.76. The van der Waals surface area contributed by atoms with Crippen molar-refractivity contribution in [1.82, 2.24) is 4.98 Å². The van der Waals surface area contributed by atoms with Crippen LogP contribution in [0.15, 0.2) is 18.3 Å². The fourth-order valence-electron chi connectivity index (χ4n) is 1.59. The molecule has 1 fully saturated rings. The molecule has 0 amide bonds. The summed E-state index contributed by atoms with van der Waals surface area (Å²) in [6.07, 6.45) is 3.36. The minimum Gasteiger partial charge on any atom is -0.461 e. The Kier molecular flexibility index (Phi) is 2.61. The van der Waals surface area contributed by atoms with Crippen LogP contribution in [0.2, 0.25) is 0 Å².